The minimum absolute atomic E-state index is 0.0892. The molecule has 2 heteroatoms. The maximum absolute atomic E-state index is 12.0. The zero-order chi connectivity index (χ0) is 11.5. The predicted octanol–water partition coefficient (Wildman–Crippen LogP) is 2.93. The Bertz CT molecular complexity index is 396. The van der Waals surface area contributed by atoms with Crippen LogP contribution in [0.15, 0.2) is 42.5 Å². The summed E-state index contributed by atoms with van der Waals surface area (Å²) in [4.78, 5) is 13.9. The van der Waals surface area contributed by atoms with E-state index < -0.39 is 0 Å². The Kier molecular flexibility index (Phi) is 3.09. The van der Waals surface area contributed by atoms with E-state index in [0.717, 1.165) is 19.4 Å². The molecule has 2 nitrogen and oxygen atoms in total. The molecule has 1 saturated heterocycles. The van der Waals surface area contributed by atoms with Crippen molar-refractivity contribution >= 4 is 5.91 Å². The molecule has 1 aromatic carbocycles. The normalized spacial score (nSPS) is 19.8. The average molecular weight is 215 g/mol. The Balaban J connectivity index is 2.22. The van der Waals surface area contributed by atoms with E-state index in [1.54, 1.807) is 6.92 Å². The smallest absolute Gasteiger partial charge is 0.249 e. The fourth-order valence-corrected chi connectivity index (χ4v) is 2.28. The zero-order valence-corrected chi connectivity index (χ0v) is 9.65. The first-order chi connectivity index (χ1) is 7.70. The van der Waals surface area contributed by atoms with Crippen molar-refractivity contribution in [3.05, 3.63) is 48.0 Å². The van der Waals surface area contributed by atoms with Crippen molar-refractivity contribution < 1.29 is 4.79 Å². The fraction of sp³-hybridized carbons (Fsp3) is 0.357. The molecule has 1 aliphatic rings. The fourth-order valence-electron chi connectivity index (χ4n) is 2.28. The van der Waals surface area contributed by atoms with Crippen LogP contribution in [-0.4, -0.2) is 17.4 Å². The Morgan fingerprint density at radius 2 is 2.06 bits per heavy atom. The molecule has 0 spiro atoms. The van der Waals surface area contributed by atoms with Gasteiger partial charge in [-0.05, 0) is 25.3 Å². The summed E-state index contributed by atoms with van der Waals surface area (Å²) in [6, 6.07) is 10.5. The van der Waals surface area contributed by atoms with E-state index in [4.69, 9.17) is 0 Å². The molecular weight excluding hydrogens is 198 g/mol. The van der Waals surface area contributed by atoms with Gasteiger partial charge in [-0.1, -0.05) is 36.9 Å². The highest BCUT2D eigenvalue weighted by molar-refractivity contribution is 5.92. The monoisotopic (exact) mass is 215 g/mol. The molecule has 0 radical (unpaired) electrons. The first kappa shape index (κ1) is 10.9. The van der Waals surface area contributed by atoms with Crippen LogP contribution >= 0.6 is 0 Å². The molecule has 2 rings (SSSR count). The highest BCUT2D eigenvalue weighted by Crippen LogP contribution is 2.32. The topological polar surface area (TPSA) is 20.3 Å². The quantitative estimate of drug-likeness (QED) is 0.695. The van der Waals surface area contributed by atoms with Gasteiger partial charge in [-0.25, -0.2) is 0 Å². The Hall–Kier alpha value is -1.57. The summed E-state index contributed by atoms with van der Waals surface area (Å²) in [5.74, 6) is 0.0892. The third kappa shape index (κ3) is 2.01. The van der Waals surface area contributed by atoms with Crippen molar-refractivity contribution in [2.24, 2.45) is 0 Å². The van der Waals surface area contributed by atoms with E-state index in [0.29, 0.717) is 5.57 Å². The lowest BCUT2D eigenvalue weighted by molar-refractivity contribution is -0.127. The molecule has 1 amide bonds. The van der Waals surface area contributed by atoms with E-state index in [1.165, 1.54) is 5.56 Å². The molecule has 16 heavy (non-hydrogen) atoms. The van der Waals surface area contributed by atoms with Gasteiger partial charge in [-0.2, -0.15) is 0 Å². The summed E-state index contributed by atoms with van der Waals surface area (Å²) in [6.45, 7) is 6.37. The van der Waals surface area contributed by atoms with Gasteiger partial charge in [0, 0.05) is 12.1 Å². The lowest BCUT2D eigenvalue weighted by atomic mass is 10.0. The number of nitrogens with zero attached hydrogens (tertiary/aromatic N) is 1. The number of carbonyl (C=O) groups is 1. The maximum Gasteiger partial charge on any atom is 0.249 e. The van der Waals surface area contributed by atoms with Crippen LogP contribution in [0.25, 0.3) is 0 Å². The minimum atomic E-state index is 0.0892. The van der Waals surface area contributed by atoms with Crippen LogP contribution in [0.3, 0.4) is 0 Å². The van der Waals surface area contributed by atoms with Crippen molar-refractivity contribution in [1.82, 2.24) is 4.90 Å². The van der Waals surface area contributed by atoms with Crippen LogP contribution in [0, 0.1) is 0 Å². The number of hydrogen-bond acceptors (Lipinski definition) is 1. The standard InChI is InChI=1S/C14H17NO/c1-11(2)14(16)15-10-6-9-13(15)12-7-4-3-5-8-12/h3-5,7-8,13H,1,6,9-10H2,2H3. The van der Waals surface area contributed by atoms with E-state index in [9.17, 15) is 4.79 Å². The second-order valence-electron chi connectivity index (χ2n) is 4.35. The van der Waals surface area contributed by atoms with Gasteiger partial charge >= 0.3 is 0 Å². The second-order valence-corrected chi connectivity index (χ2v) is 4.35. The van der Waals surface area contributed by atoms with Gasteiger partial charge in [0.15, 0.2) is 0 Å². The highest BCUT2D eigenvalue weighted by Gasteiger charge is 2.29. The molecule has 1 atom stereocenters. The van der Waals surface area contributed by atoms with Gasteiger partial charge in [-0.3, -0.25) is 4.79 Å². The van der Waals surface area contributed by atoms with Gasteiger partial charge in [0.25, 0.3) is 0 Å². The number of benzene rings is 1. The van der Waals surface area contributed by atoms with Crippen molar-refractivity contribution in [2.75, 3.05) is 6.54 Å². The molecule has 1 aliphatic heterocycles. The molecule has 84 valence electrons. The molecular formula is C14H17NO. The second kappa shape index (κ2) is 4.52. The average Bonchev–Trinajstić information content (AvgIpc) is 2.77. The molecule has 1 aromatic rings. The number of carbonyl (C=O) groups excluding carboxylic acids is 1. The maximum atomic E-state index is 12.0. The Labute approximate surface area is 96.6 Å². The van der Waals surface area contributed by atoms with Gasteiger partial charge in [0.2, 0.25) is 5.91 Å². The number of hydrogen-bond donors (Lipinski definition) is 0. The van der Waals surface area contributed by atoms with Crippen molar-refractivity contribution in [3.8, 4) is 0 Å². The third-order valence-corrected chi connectivity index (χ3v) is 3.06. The molecule has 1 fully saturated rings. The van der Waals surface area contributed by atoms with Crippen LogP contribution in [0.4, 0.5) is 0 Å². The zero-order valence-electron chi connectivity index (χ0n) is 9.65. The van der Waals surface area contributed by atoms with E-state index >= 15 is 0 Å². The largest absolute Gasteiger partial charge is 0.332 e. The third-order valence-electron chi connectivity index (χ3n) is 3.06. The molecule has 0 bridgehead atoms. The summed E-state index contributed by atoms with van der Waals surface area (Å²) in [6.07, 6.45) is 2.14. The molecule has 0 saturated carbocycles. The first-order valence-corrected chi connectivity index (χ1v) is 5.71. The summed E-state index contributed by atoms with van der Waals surface area (Å²) < 4.78 is 0. The Morgan fingerprint density at radius 3 is 2.69 bits per heavy atom. The number of likely N-dealkylation sites (tertiary alicyclic amines) is 1. The summed E-state index contributed by atoms with van der Waals surface area (Å²) in [7, 11) is 0. The molecule has 1 heterocycles. The predicted molar refractivity (Wildman–Crippen MR) is 64.9 cm³/mol. The van der Waals surface area contributed by atoms with E-state index in [2.05, 4.69) is 18.7 Å². The van der Waals surface area contributed by atoms with E-state index in [-0.39, 0.29) is 11.9 Å². The molecule has 1 unspecified atom stereocenters. The van der Waals surface area contributed by atoms with Gasteiger partial charge in [-0.15, -0.1) is 0 Å². The van der Waals surface area contributed by atoms with Crippen LogP contribution < -0.4 is 0 Å². The number of amides is 1. The van der Waals surface area contributed by atoms with Crippen LogP contribution in [0.5, 0.6) is 0 Å². The summed E-state index contributed by atoms with van der Waals surface area (Å²) in [5, 5.41) is 0. The summed E-state index contributed by atoms with van der Waals surface area (Å²) >= 11 is 0. The SMILES string of the molecule is C=C(C)C(=O)N1CCCC1c1ccccc1. The first-order valence-electron chi connectivity index (χ1n) is 5.71. The van der Waals surface area contributed by atoms with Crippen LogP contribution in [0.2, 0.25) is 0 Å². The molecule has 0 aromatic heterocycles. The Morgan fingerprint density at radius 1 is 1.38 bits per heavy atom. The van der Waals surface area contributed by atoms with Crippen molar-refractivity contribution in [1.29, 1.82) is 0 Å². The van der Waals surface area contributed by atoms with Gasteiger partial charge < -0.3 is 4.90 Å². The summed E-state index contributed by atoms with van der Waals surface area (Å²) in [5.41, 5.74) is 1.86. The number of rotatable bonds is 2. The molecule has 0 N–H and O–H groups in total. The van der Waals surface area contributed by atoms with Crippen molar-refractivity contribution in [2.45, 2.75) is 25.8 Å². The van der Waals surface area contributed by atoms with Gasteiger partial charge in [0.1, 0.15) is 0 Å². The molecule has 0 aliphatic carbocycles. The van der Waals surface area contributed by atoms with E-state index in [1.807, 2.05) is 23.1 Å². The highest BCUT2D eigenvalue weighted by atomic mass is 16.2. The van der Waals surface area contributed by atoms with Crippen LogP contribution in [0.1, 0.15) is 31.4 Å². The lowest BCUT2D eigenvalue weighted by Gasteiger charge is -2.25. The lowest BCUT2D eigenvalue weighted by Crippen LogP contribution is -2.30. The van der Waals surface area contributed by atoms with Gasteiger partial charge in [0.05, 0.1) is 6.04 Å². The minimum Gasteiger partial charge on any atom is -0.332 e. The van der Waals surface area contributed by atoms with Crippen LogP contribution in [-0.2, 0) is 4.79 Å². The van der Waals surface area contributed by atoms with Crippen molar-refractivity contribution in [3.63, 3.8) is 0 Å².